The van der Waals surface area contributed by atoms with Gasteiger partial charge in [0, 0.05) is 10.6 Å². The number of esters is 1. The van der Waals surface area contributed by atoms with Gasteiger partial charge in [0.05, 0.1) is 0 Å². The summed E-state index contributed by atoms with van der Waals surface area (Å²) in [5.74, 6) is -0.154. The highest BCUT2D eigenvalue weighted by Gasteiger charge is 2.24. The smallest absolute Gasteiger partial charge is 0.363 e. The van der Waals surface area contributed by atoms with Crippen molar-refractivity contribution in [1.82, 2.24) is 0 Å². The number of cyclic esters (lactones) is 1. The van der Waals surface area contributed by atoms with E-state index >= 15 is 0 Å². The quantitative estimate of drug-likeness (QED) is 0.475. The predicted molar refractivity (Wildman–Crippen MR) is 101 cm³/mol. The van der Waals surface area contributed by atoms with Crippen LogP contribution in [-0.2, 0) is 9.53 Å². The summed E-state index contributed by atoms with van der Waals surface area (Å²) in [6, 6.07) is 19.2. The minimum absolute atomic E-state index is 0.291. The van der Waals surface area contributed by atoms with Gasteiger partial charge in [-0.3, -0.25) is 0 Å². The van der Waals surface area contributed by atoms with E-state index in [1.165, 1.54) is 5.56 Å². The van der Waals surface area contributed by atoms with E-state index in [0.29, 0.717) is 16.6 Å². The van der Waals surface area contributed by atoms with Gasteiger partial charge in [0.25, 0.3) is 0 Å². The van der Waals surface area contributed by atoms with Gasteiger partial charge in [0.2, 0.25) is 5.90 Å². The van der Waals surface area contributed by atoms with Crippen LogP contribution in [0.3, 0.4) is 0 Å². The molecule has 0 unspecified atom stereocenters. The molecular formula is C21H14ClNO2. The first-order valence-corrected chi connectivity index (χ1v) is 8.26. The minimum Gasteiger partial charge on any atom is -0.402 e. The summed E-state index contributed by atoms with van der Waals surface area (Å²) in [5.41, 5.74) is 3.14. The molecule has 0 radical (unpaired) electrons. The molecule has 4 rings (SSSR count). The number of nitrogens with zero attached hydrogens (tertiary/aromatic N) is 1. The van der Waals surface area contributed by atoms with Crippen molar-refractivity contribution in [2.45, 2.75) is 6.92 Å². The molecule has 1 aliphatic rings. The van der Waals surface area contributed by atoms with Crippen molar-refractivity contribution < 1.29 is 9.53 Å². The molecule has 0 bridgehead atoms. The van der Waals surface area contributed by atoms with E-state index in [4.69, 9.17) is 16.3 Å². The second-order valence-corrected chi connectivity index (χ2v) is 6.30. The van der Waals surface area contributed by atoms with Crippen LogP contribution in [0.1, 0.15) is 16.7 Å². The Balaban J connectivity index is 1.78. The number of fused-ring (bicyclic) bond motifs is 1. The molecule has 25 heavy (non-hydrogen) atoms. The number of aryl methyl sites for hydroxylation is 1. The lowest BCUT2D eigenvalue weighted by Crippen LogP contribution is -2.05. The Hall–Kier alpha value is -2.91. The first-order chi connectivity index (χ1) is 12.1. The molecule has 0 aliphatic carbocycles. The van der Waals surface area contributed by atoms with E-state index in [1.54, 1.807) is 30.3 Å². The highest BCUT2D eigenvalue weighted by molar-refractivity contribution is 6.30. The third-order valence-electron chi connectivity index (χ3n) is 4.18. The number of benzene rings is 3. The van der Waals surface area contributed by atoms with Crippen molar-refractivity contribution in [2.24, 2.45) is 4.99 Å². The molecule has 0 fully saturated rings. The summed E-state index contributed by atoms with van der Waals surface area (Å²) in [6.45, 7) is 2.07. The highest BCUT2D eigenvalue weighted by Crippen LogP contribution is 2.26. The fraction of sp³-hybridized carbons (Fsp3) is 0.0476. The van der Waals surface area contributed by atoms with E-state index in [-0.39, 0.29) is 0 Å². The fourth-order valence-corrected chi connectivity index (χ4v) is 3.00. The maximum absolute atomic E-state index is 12.2. The van der Waals surface area contributed by atoms with Gasteiger partial charge in [-0.2, -0.15) is 0 Å². The van der Waals surface area contributed by atoms with Gasteiger partial charge < -0.3 is 4.74 Å². The van der Waals surface area contributed by atoms with Crippen molar-refractivity contribution in [1.29, 1.82) is 0 Å². The topological polar surface area (TPSA) is 38.7 Å². The van der Waals surface area contributed by atoms with Crippen molar-refractivity contribution in [3.63, 3.8) is 0 Å². The SMILES string of the molecule is Cc1ccc(/C=C2/N=C(c3ccc(Cl)cc3)OC2=O)c2ccccc12. The molecule has 3 aromatic rings. The molecule has 4 heteroatoms. The molecule has 122 valence electrons. The Morgan fingerprint density at radius 3 is 2.44 bits per heavy atom. The molecule has 0 saturated carbocycles. The zero-order valence-corrected chi connectivity index (χ0v) is 14.2. The molecule has 1 heterocycles. The van der Waals surface area contributed by atoms with E-state index in [1.807, 2.05) is 30.3 Å². The predicted octanol–water partition coefficient (Wildman–Crippen LogP) is 5.15. The zero-order chi connectivity index (χ0) is 17.4. The van der Waals surface area contributed by atoms with Gasteiger partial charge in [0.1, 0.15) is 0 Å². The number of ether oxygens (including phenoxy) is 1. The number of carbonyl (C=O) groups is 1. The van der Waals surface area contributed by atoms with E-state index in [9.17, 15) is 4.79 Å². The van der Waals surface area contributed by atoms with Crippen LogP contribution in [-0.4, -0.2) is 11.9 Å². The Kier molecular flexibility index (Phi) is 3.86. The lowest BCUT2D eigenvalue weighted by atomic mass is 10.00. The Morgan fingerprint density at radius 1 is 0.960 bits per heavy atom. The third-order valence-corrected chi connectivity index (χ3v) is 4.43. The van der Waals surface area contributed by atoms with Crippen molar-refractivity contribution in [3.05, 3.63) is 88.1 Å². The molecule has 0 N–H and O–H groups in total. The third kappa shape index (κ3) is 2.94. The molecule has 0 spiro atoms. The minimum atomic E-state index is -0.449. The Morgan fingerprint density at radius 2 is 1.68 bits per heavy atom. The first kappa shape index (κ1) is 15.6. The molecule has 3 aromatic carbocycles. The lowest BCUT2D eigenvalue weighted by Gasteiger charge is -2.05. The van der Waals surface area contributed by atoms with Gasteiger partial charge >= 0.3 is 5.97 Å². The molecule has 3 nitrogen and oxygen atoms in total. The number of hydrogen-bond donors (Lipinski definition) is 0. The Labute approximate surface area is 150 Å². The van der Waals surface area contributed by atoms with Crippen LogP contribution in [0.4, 0.5) is 0 Å². The molecule has 0 saturated heterocycles. The summed E-state index contributed by atoms with van der Waals surface area (Å²) < 4.78 is 5.31. The monoisotopic (exact) mass is 347 g/mol. The fourth-order valence-electron chi connectivity index (χ4n) is 2.87. The van der Waals surface area contributed by atoms with Crippen LogP contribution in [0, 0.1) is 6.92 Å². The highest BCUT2D eigenvalue weighted by atomic mass is 35.5. The van der Waals surface area contributed by atoms with Gasteiger partial charge in [-0.25, -0.2) is 9.79 Å². The lowest BCUT2D eigenvalue weighted by molar-refractivity contribution is -0.129. The van der Waals surface area contributed by atoms with Crippen LogP contribution >= 0.6 is 11.6 Å². The summed E-state index contributed by atoms with van der Waals surface area (Å²) in [4.78, 5) is 16.6. The number of hydrogen-bond acceptors (Lipinski definition) is 3. The largest absolute Gasteiger partial charge is 0.402 e. The standard InChI is InChI=1S/C21H14ClNO2/c1-13-6-7-15(18-5-3-2-4-17(13)18)12-19-21(24)25-20(23-19)14-8-10-16(22)11-9-14/h2-12H,1H3/b19-12+. The van der Waals surface area contributed by atoms with E-state index in [2.05, 4.69) is 18.0 Å². The number of carbonyl (C=O) groups excluding carboxylic acids is 1. The molecule has 1 aliphatic heterocycles. The van der Waals surface area contributed by atoms with Crippen LogP contribution < -0.4 is 0 Å². The van der Waals surface area contributed by atoms with Gasteiger partial charge in [-0.1, -0.05) is 48.0 Å². The van der Waals surface area contributed by atoms with Gasteiger partial charge in [0.15, 0.2) is 5.70 Å². The molecular weight excluding hydrogens is 334 g/mol. The Bertz CT molecular complexity index is 1050. The van der Waals surface area contributed by atoms with Crippen molar-refractivity contribution in [3.8, 4) is 0 Å². The van der Waals surface area contributed by atoms with Crippen LogP contribution in [0.5, 0.6) is 0 Å². The van der Waals surface area contributed by atoms with E-state index in [0.717, 1.165) is 21.9 Å². The molecule has 0 amide bonds. The summed E-state index contributed by atoms with van der Waals surface area (Å²) >= 11 is 5.89. The summed E-state index contributed by atoms with van der Waals surface area (Å²) in [6.07, 6.45) is 1.77. The van der Waals surface area contributed by atoms with Crippen molar-refractivity contribution in [2.75, 3.05) is 0 Å². The zero-order valence-electron chi connectivity index (χ0n) is 13.5. The normalized spacial score (nSPS) is 15.5. The van der Waals surface area contributed by atoms with Crippen molar-refractivity contribution >= 4 is 40.3 Å². The summed E-state index contributed by atoms with van der Waals surface area (Å²) in [7, 11) is 0. The van der Waals surface area contributed by atoms with Crippen LogP contribution in [0.25, 0.3) is 16.8 Å². The first-order valence-electron chi connectivity index (χ1n) is 7.89. The summed E-state index contributed by atoms with van der Waals surface area (Å²) in [5, 5.41) is 2.86. The van der Waals surface area contributed by atoms with Gasteiger partial charge in [-0.05, 0) is 59.2 Å². The maximum Gasteiger partial charge on any atom is 0.363 e. The number of aliphatic imine (C=N–C) groups is 1. The number of halogens is 1. The van der Waals surface area contributed by atoms with Crippen LogP contribution in [0.2, 0.25) is 5.02 Å². The maximum atomic E-state index is 12.2. The van der Waals surface area contributed by atoms with Crippen LogP contribution in [0.15, 0.2) is 71.4 Å². The number of rotatable bonds is 2. The second kappa shape index (κ2) is 6.19. The average molecular weight is 348 g/mol. The molecule has 0 atom stereocenters. The average Bonchev–Trinajstić information content (AvgIpc) is 2.99. The second-order valence-electron chi connectivity index (χ2n) is 5.86. The van der Waals surface area contributed by atoms with E-state index < -0.39 is 5.97 Å². The van der Waals surface area contributed by atoms with Gasteiger partial charge in [-0.15, -0.1) is 0 Å². The molecule has 0 aromatic heterocycles.